The van der Waals surface area contributed by atoms with Crippen molar-refractivity contribution < 1.29 is 0 Å². The molecule has 2 aliphatic rings. The average molecular weight is 404 g/mol. The van der Waals surface area contributed by atoms with Gasteiger partial charge in [0.1, 0.15) is 6.17 Å². The fourth-order valence-electron chi connectivity index (χ4n) is 5.28. The van der Waals surface area contributed by atoms with Gasteiger partial charge in [-0.05, 0) is 67.8 Å². The van der Waals surface area contributed by atoms with E-state index in [0.29, 0.717) is 0 Å². The van der Waals surface area contributed by atoms with E-state index in [9.17, 15) is 0 Å². The van der Waals surface area contributed by atoms with Gasteiger partial charge in [0.15, 0.2) is 0 Å². The van der Waals surface area contributed by atoms with E-state index in [-0.39, 0.29) is 6.17 Å². The Labute approximate surface area is 183 Å². The Bertz CT molecular complexity index is 1310. The Balaban J connectivity index is 1.61. The van der Waals surface area contributed by atoms with Crippen LogP contribution in [0.3, 0.4) is 0 Å². The molecular formula is C28H25N3. The molecule has 3 aromatic carbocycles. The zero-order valence-corrected chi connectivity index (χ0v) is 18.1. The molecule has 4 aromatic rings. The molecule has 31 heavy (non-hydrogen) atoms. The van der Waals surface area contributed by atoms with E-state index < -0.39 is 0 Å². The van der Waals surface area contributed by atoms with Gasteiger partial charge < -0.3 is 9.80 Å². The minimum absolute atomic E-state index is 0.170. The van der Waals surface area contributed by atoms with Crippen LogP contribution in [0.25, 0.3) is 11.1 Å². The number of para-hydroxylation sites is 2. The van der Waals surface area contributed by atoms with Gasteiger partial charge in [-0.25, -0.2) is 0 Å². The second-order valence-electron chi connectivity index (χ2n) is 8.58. The lowest BCUT2D eigenvalue weighted by Gasteiger charge is -2.31. The molecule has 1 atom stereocenters. The first-order valence-corrected chi connectivity index (χ1v) is 11.0. The van der Waals surface area contributed by atoms with Gasteiger partial charge in [-0.1, -0.05) is 48.5 Å². The molecule has 0 bridgehead atoms. The van der Waals surface area contributed by atoms with Crippen LogP contribution in [0, 0.1) is 13.8 Å². The van der Waals surface area contributed by atoms with Crippen LogP contribution in [0.15, 0.2) is 78.9 Å². The van der Waals surface area contributed by atoms with Crippen molar-refractivity contribution in [3.05, 3.63) is 101 Å². The Morgan fingerprint density at radius 1 is 0.742 bits per heavy atom. The van der Waals surface area contributed by atoms with Crippen LogP contribution in [0.5, 0.6) is 0 Å². The standard InChI is InChI=1S/C28H25N3/c1-18-9-7-8-12-26(18)31-20(3)30(21-10-5-4-6-11-21)28-24-17-25-23(14-13-19(2)29-25)22(24)15-16-27(28)31/h4-16,20H,17H2,1-3H3/t20-/m0/s1. The van der Waals surface area contributed by atoms with Crippen molar-refractivity contribution >= 4 is 22.7 Å². The second kappa shape index (κ2) is 6.71. The number of rotatable bonds is 2. The number of aromatic nitrogens is 1. The molecule has 0 N–H and O–H groups in total. The van der Waals surface area contributed by atoms with Crippen LogP contribution in [0.1, 0.15) is 29.4 Å². The molecule has 0 fully saturated rings. The molecule has 0 saturated carbocycles. The van der Waals surface area contributed by atoms with E-state index >= 15 is 0 Å². The fourth-order valence-corrected chi connectivity index (χ4v) is 5.28. The first kappa shape index (κ1) is 18.2. The summed E-state index contributed by atoms with van der Waals surface area (Å²) >= 11 is 0. The monoisotopic (exact) mass is 403 g/mol. The van der Waals surface area contributed by atoms with Crippen molar-refractivity contribution in [2.75, 3.05) is 9.80 Å². The summed E-state index contributed by atoms with van der Waals surface area (Å²) in [5, 5.41) is 0. The number of aryl methyl sites for hydroxylation is 2. The third kappa shape index (κ3) is 2.63. The molecule has 0 spiro atoms. The van der Waals surface area contributed by atoms with Crippen molar-refractivity contribution in [2.45, 2.75) is 33.4 Å². The number of hydrogen-bond acceptors (Lipinski definition) is 3. The third-order valence-electron chi connectivity index (χ3n) is 6.67. The van der Waals surface area contributed by atoms with Crippen molar-refractivity contribution in [1.82, 2.24) is 4.98 Å². The summed E-state index contributed by atoms with van der Waals surface area (Å²) in [5.41, 5.74) is 12.6. The van der Waals surface area contributed by atoms with Crippen LogP contribution in [-0.4, -0.2) is 11.1 Å². The lowest BCUT2D eigenvalue weighted by atomic mass is 10.0. The largest absolute Gasteiger partial charge is 0.318 e. The van der Waals surface area contributed by atoms with Crippen molar-refractivity contribution in [2.24, 2.45) is 0 Å². The molecule has 0 saturated heterocycles. The van der Waals surface area contributed by atoms with E-state index in [1.807, 2.05) is 0 Å². The summed E-state index contributed by atoms with van der Waals surface area (Å²) in [7, 11) is 0. The summed E-state index contributed by atoms with van der Waals surface area (Å²) in [5.74, 6) is 0. The molecule has 0 amide bonds. The molecular weight excluding hydrogens is 378 g/mol. The topological polar surface area (TPSA) is 19.4 Å². The number of nitrogens with zero attached hydrogens (tertiary/aromatic N) is 3. The molecule has 6 rings (SSSR count). The molecule has 3 nitrogen and oxygen atoms in total. The Hall–Kier alpha value is -3.59. The fraction of sp³-hybridized carbons (Fsp3) is 0.179. The van der Waals surface area contributed by atoms with Crippen LogP contribution in [0.4, 0.5) is 22.7 Å². The van der Waals surface area contributed by atoms with E-state index in [1.54, 1.807) is 0 Å². The minimum Gasteiger partial charge on any atom is -0.318 e. The molecule has 1 aliphatic heterocycles. The van der Waals surface area contributed by atoms with E-state index in [0.717, 1.165) is 12.1 Å². The third-order valence-corrected chi connectivity index (χ3v) is 6.67. The van der Waals surface area contributed by atoms with Crippen LogP contribution in [-0.2, 0) is 6.42 Å². The summed E-state index contributed by atoms with van der Waals surface area (Å²) in [6.45, 7) is 6.57. The number of benzene rings is 3. The van der Waals surface area contributed by atoms with Gasteiger partial charge in [0.25, 0.3) is 0 Å². The highest BCUT2D eigenvalue weighted by Gasteiger charge is 2.39. The lowest BCUT2D eigenvalue weighted by molar-refractivity contribution is 0.758. The predicted octanol–water partition coefficient (Wildman–Crippen LogP) is 6.91. The Kier molecular flexibility index (Phi) is 3.94. The zero-order valence-electron chi connectivity index (χ0n) is 18.1. The smallest absolute Gasteiger partial charge is 0.108 e. The normalized spacial score (nSPS) is 16.3. The second-order valence-corrected chi connectivity index (χ2v) is 8.58. The van der Waals surface area contributed by atoms with Gasteiger partial charge in [-0.2, -0.15) is 0 Å². The predicted molar refractivity (Wildman–Crippen MR) is 129 cm³/mol. The number of pyridine rings is 1. The first-order chi connectivity index (χ1) is 15.1. The molecule has 1 aromatic heterocycles. The molecule has 0 radical (unpaired) electrons. The van der Waals surface area contributed by atoms with Gasteiger partial charge in [0.05, 0.1) is 17.1 Å². The van der Waals surface area contributed by atoms with E-state index in [1.165, 1.54) is 50.7 Å². The maximum Gasteiger partial charge on any atom is 0.108 e. The van der Waals surface area contributed by atoms with Gasteiger partial charge >= 0.3 is 0 Å². The zero-order chi connectivity index (χ0) is 21.1. The van der Waals surface area contributed by atoms with E-state index in [2.05, 4.69) is 109 Å². The summed E-state index contributed by atoms with van der Waals surface area (Å²) in [6, 6.07) is 28.4. The number of hydrogen-bond donors (Lipinski definition) is 0. The van der Waals surface area contributed by atoms with Crippen molar-refractivity contribution in [3.63, 3.8) is 0 Å². The average Bonchev–Trinajstić information content (AvgIpc) is 3.29. The van der Waals surface area contributed by atoms with Crippen LogP contribution < -0.4 is 9.80 Å². The highest BCUT2D eigenvalue weighted by molar-refractivity contribution is 5.96. The highest BCUT2D eigenvalue weighted by atomic mass is 15.4. The first-order valence-electron chi connectivity index (χ1n) is 11.0. The SMILES string of the molecule is Cc1ccc2c(n1)Cc1c-2ccc2c1N(c1ccccc1)[C@H](C)N2c1ccccc1C. The van der Waals surface area contributed by atoms with Gasteiger partial charge in [0.2, 0.25) is 0 Å². The molecule has 1 aliphatic carbocycles. The van der Waals surface area contributed by atoms with Crippen LogP contribution in [0.2, 0.25) is 0 Å². The van der Waals surface area contributed by atoms with Crippen molar-refractivity contribution in [3.8, 4) is 11.1 Å². The van der Waals surface area contributed by atoms with E-state index in [4.69, 9.17) is 4.98 Å². The molecule has 0 unspecified atom stereocenters. The Morgan fingerprint density at radius 3 is 2.29 bits per heavy atom. The minimum atomic E-state index is 0.170. The molecule has 2 heterocycles. The number of anilines is 4. The van der Waals surface area contributed by atoms with Gasteiger partial charge in [-0.3, -0.25) is 4.98 Å². The Morgan fingerprint density at radius 2 is 1.48 bits per heavy atom. The quantitative estimate of drug-likeness (QED) is 0.319. The summed E-state index contributed by atoms with van der Waals surface area (Å²) in [6.07, 6.45) is 1.05. The maximum absolute atomic E-state index is 4.87. The maximum atomic E-state index is 4.87. The van der Waals surface area contributed by atoms with Crippen LogP contribution >= 0.6 is 0 Å². The molecule has 3 heteroatoms. The highest BCUT2D eigenvalue weighted by Crippen LogP contribution is 2.54. The van der Waals surface area contributed by atoms with Crippen molar-refractivity contribution in [1.29, 1.82) is 0 Å². The number of fused-ring (bicyclic) bond motifs is 5. The summed E-state index contributed by atoms with van der Waals surface area (Å²) < 4.78 is 0. The molecule has 152 valence electrons. The van der Waals surface area contributed by atoms with Gasteiger partial charge in [0, 0.05) is 29.1 Å². The lowest BCUT2D eigenvalue weighted by Crippen LogP contribution is -2.35. The summed E-state index contributed by atoms with van der Waals surface area (Å²) in [4.78, 5) is 9.85. The van der Waals surface area contributed by atoms with Gasteiger partial charge in [-0.15, -0.1) is 0 Å².